The molecule has 0 radical (unpaired) electrons. The number of rotatable bonds is 4. The van der Waals surface area contributed by atoms with Crippen LogP contribution in [0.2, 0.25) is 10.0 Å². The molecule has 0 fully saturated rings. The van der Waals surface area contributed by atoms with Crippen molar-refractivity contribution in [3.05, 3.63) is 74.6 Å². The minimum atomic E-state index is -0.385. The van der Waals surface area contributed by atoms with Crippen LogP contribution < -0.4 is 5.56 Å². The highest BCUT2D eigenvalue weighted by Crippen LogP contribution is 2.17. The highest BCUT2D eigenvalue weighted by molar-refractivity contribution is 6.41. The Morgan fingerprint density at radius 2 is 1.87 bits per heavy atom. The van der Waals surface area contributed by atoms with Gasteiger partial charge in [0.1, 0.15) is 5.02 Å². The lowest BCUT2D eigenvalue weighted by atomic mass is 10.1. The monoisotopic (exact) mass is 347 g/mol. The smallest absolute Gasteiger partial charge is 0.283 e. The van der Waals surface area contributed by atoms with Crippen LogP contribution in [0.15, 0.2) is 53.5 Å². The van der Waals surface area contributed by atoms with Crippen LogP contribution in [0.5, 0.6) is 0 Å². The minimum Gasteiger partial charge on any atom is -0.283 e. The van der Waals surface area contributed by atoms with Crippen molar-refractivity contribution in [2.75, 3.05) is 7.05 Å². The second-order valence-electron chi connectivity index (χ2n) is 5.45. The van der Waals surface area contributed by atoms with Crippen LogP contribution >= 0.6 is 23.2 Å². The average molecular weight is 348 g/mol. The minimum absolute atomic E-state index is 0.000715. The van der Waals surface area contributed by atoms with Gasteiger partial charge in [-0.1, -0.05) is 59.6 Å². The van der Waals surface area contributed by atoms with Gasteiger partial charge in [-0.2, -0.15) is 5.10 Å². The molecule has 0 aliphatic carbocycles. The van der Waals surface area contributed by atoms with Crippen molar-refractivity contribution in [3.63, 3.8) is 0 Å². The lowest BCUT2D eigenvalue weighted by molar-refractivity contribution is 0.240. The number of benzene rings is 2. The number of halogens is 2. The summed E-state index contributed by atoms with van der Waals surface area (Å²) in [7, 11) is 1.92. The van der Waals surface area contributed by atoms with Gasteiger partial charge >= 0.3 is 0 Å². The second kappa shape index (κ2) is 6.71. The molecule has 1 aromatic heterocycles. The summed E-state index contributed by atoms with van der Waals surface area (Å²) in [6.07, 6.45) is 1.38. The molecule has 6 heteroatoms. The van der Waals surface area contributed by atoms with Crippen LogP contribution in [0.4, 0.5) is 0 Å². The van der Waals surface area contributed by atoms with Gasteiger partial charge in [-0.3, -0.25) is 9.69 Å². The topological polar surface area (TPSA) is 38.1 Å². The van der Waals surface area contributed by atoms with E-state index in [1.54, 1.807) is 0 Å². The van der Waals surface area contributed by atoms with Crippen LogP contribution in [0.1, 0.15) is 5.56 Å². The van der Waals surface area contributed by atoms with Gasteiger partial charge in [0.05, 0.1) is 17.9 Å². The van der Waals surface area contributed by atoms with Gasteiger partial charge in [-0.25, -0.2) is 4.68 Å². The van der Waals surface area contributed by atoms with E-state index in [4.69, 9.17) is 23.2 Å². The van der Waals surface area contributed by atoms with Crippen molar-refractivity contribution in [1.29, 1.82) is 0 Å². The summed E-state index contributed by atoms with van der Waals surface area (Å²) in [4.78, 5) is 14.0. The van der Waals surface area contributed by atoms with Gasteiger partial charge < -0.3 is 0 Å². The van der Waals surface area contributed by atoms with E-state index in [0.29, 0.717) is 13.2 Å². The third kappa shape index (κ3) is 3.55. The van der Waals surface area contributed by atoms with Crippen molar-refractivity contribution in [2.45, 2.75) is 13.2 Å². The maximum absolute atomic E-state index is 12.0. The standard InChI is InChI=1S/C17H15Cl2N3O/c1-21(11-22-17(23)16(19)15(18)9-20-22)10-12-6-7-13-4-2-3-5-14(13)8-12/h2-9H,10-11H2,1H3. The molecule has 0 saturated carbocycles. The molecular formula is C17H15Cl2N3O. The fraction of sp³-hybridized carbons (Fsp3) is 0.176. The first-order valence-electron chi connectivity index (χ1n) is 7.12. The molecule has 1 heterocycles. The molecule has 0 bridgehead atoms. The van der Waals surface area contributed by atoms with Gasteiger partial charge in [-0.15, -0.1) is 0 Å². The summed E-state index contributed by atoms with van der Waals surface area (Å²) < 4.78 is 1.30. The Hall–Kier alpha value is -1.88. The predicted molar refractivity (Wildman–Crippen MR) is 93.9 cm³/mol. The quantitative estimate of drug-likeness (QED) is 0.720. The number of hydrogen-bond acceptors (Lipinski definition) is 3. The van der Waals surface area contributed by atoms with Crippen molar-refractivity contribution in [2.24, 2.45) is 0 Å². The third-order valence-corrected chi connectivity index (χ3v) is 4.33. The fourth-order valence-electron chi connectivity index (χ4n) is 2.47. The summed E-state index contributed by atoms with van der Waals surface area (Å²) in [5.41, 5.74) is 0.781. The lowest BCUT2D eigenvalue weighted by Crippen LogP contribution is -2.31. The molecule has 0 amide bonds. The molecule has 3 aromatic rings. The van der Waals surface area contributed by atoms with Gasteiger partial charge in [0.2, 0.25) is 0 Å². The fourth-order valence-corrected chi connectivity index (χ4v) is 2.74. The van der Waals surface area contributed by atoms with E-state index in [1.807, 2.05) is 24.1 Å². The summed E-state index contributed by atoms with van der Waals surface area (Å²) in [5, 5.41) is 6.60. The van der Waals surface area contributed by atoms with E-state index in [9.17, 15) is 4.79 Å². The molecule has 0 aliphatic rings. The van der Waals surface area contributed by atoms with Crippen LogP contribution in [-0.2, 0) is 13.2 Å². The average Bonchev–Trinajstić information content (AvgIpc) is 2.55. The first-order valence-corrected chi connectivity index (χ1v) is 7.87. The van der Waals surface area contributed by atoms with E-state index in [0.717, 1.165) is 0 Å². The number of nitrogens with zero attached hydrogens (tertiary/aromatic N) is 3. The van der Waals surface area contributed by atoms with E-state index in [2.05, 4.69) is 35.4 Å². The molecule has 0 aliphatic heterocycles. The van der Waals surface area contributed by atoms with Gasteiger partial charge in [-0.05, 0) is 29.4 Å². The summed E-state index contributed by atoms with van der Waals surface area (Å²) in [6.45, 7) is 1.03. The molecule has 118 valence electrons. The zero-order chi connectivity index (χ0) is 16.4. The van der Waals surface area contributed by atoms with Crippen LogP contribution in [0.3, 0.4) is 0 Å². The first-order chi connectivity index (χ1) is 11.0. The normalized spacial score (nSPS) is 11.3. The van der Waals surface area contributed by atoms with Gasteiger partial charge in [0.25, 0.3) is 5.56 Å². The van der Waals surface area contributed by atoms with Crippen LogP contribution in [0, 0.1) is 0 Å². The third-order valence-electron chi connectivity index (χ3n) is 3.58. The number of fused-ring (bicyclic) bond motifs is 1. The Morgan fingerprint density at radius 3 is 2.65 bits per heavy atom. The molecule has 2 aromatic carbocycles. The molecule has 3 rings (SSSR count). The molecular weight excluding hydrogens is 333 g/mol. The van der Waals surface area contributed by atoms with Gasteiger partial charge in [0.15, 0.2) is 0 Å². The van der Waals surface area contributed by atoms with Gasteiger partial charge in [0, 0.05) is 6.54 Å². The maximum Gasteiger partial charge on any atom is 0.288 e. The Bertz CT molecular complexity index is 908. The zero-order valence-electron chi connectivity index (χ0n) is 12.5. The highest BCUT2D eigenvalue weighted by atomic mass is 35.5. The summed E-state index contributed by atoms with van der Waals surface area (Å²) in [6, 6.07) is 14.6. The maximum atomic E-state index is 12.0. The summed E-state index contributed by atoms with van der Waals surface area (Å²) in [5.74, 6) is 0. The Balaban J connectivity index is 1.77. The molecule has 0 saturated heterocycles. The van der Waals surface area contributed by atoms with E-state index >= 15 is 0 Å². The molecule has 0 spiro atoms. The number of aromatic nitrogens is 2. The van der Waals surface area contributed by atoms with Crippen molar-refractivity contribution < 1.29 is 0 Å². The van der Waals surface area contributed by atoms with Crippen molar-refractivity contribution in [1.82, 2.24) is 14.7 Å². The number of hydrogen-bond donors (Lipinski definition) is 0. The Kier molecular flexibility index (Phi) is 4.66. The zero-order valence-corrected chi connectivity index (χ0v) is 14.1. The largest absolute Gasteiger partial charge is 0.288 e. The molecule has 23 heavy (non-hydrogen) atoms. The Morgan fingerprint density at radius 1 is 1.13 bits per heavy atom. The first kappa shape index (κ1) is 16.0. The molecule has 0 N–H and O–H groups in total. The molecule has 4 nitrogen and oxygen atoms in total. The lowest BCUT2D eigenvalue weighted by Gasteiger charge is -2.18. The van der Waals surface area contributed by atoms with Crippen molar-refractivity contribution in [3.8, 4) is 0 Å². The van der Waals surface area contributed by atoms with E-state index < -0.39 is 0 Å². The van der Waals surface area contributed by atoms with E-state index in [-0.39, 0.29) is 15.6 Å². The molecule has 0 atom stereocenters. The van der Waals surface area contributed by atoms with Crippen molar-refractivity contribution >= 4 is 34.0 Å². The Labute approximate surface area is 143 Å². The van der Waals surface area contributed by atoms with Crippen LogP contribution in [0.25, 0.3) is 10.8 Å². The second-order valence-corrected chi connectivity index (χ2v) is 6.23. The summed E-state index contributed by atoms with van der Waals surface area (Å²) >= 11 is 11.7. The predicted octanol–water partition coefficient (Wildman–Crippen LogP) is 3.79. The van der Waals surface area contributed by atoms with E-state index in [1.165, 1.54) is 27.2 Å². The highest BCUT2D eigenvalue weighted by Gasteiger charge is 2.09. The molecule has 0 unspecified atom stereocenters. The SMILES string of the molecule is CN(Cc1ccc2ccccc2c1)Cn1ncc(Cl)c(Cl)c1=O. The van der Waals surface area contributed by atoms with Crippen LogP contribution in [-0.4, -0.2) is 21.7 Å².